The summed E-state index contributed by atoms with van der Waals surface area (Å²) in [5, 5.41) is 13.8. The maximum Gasteiger partial charge on any atom is 0.315 e. The number of terminal acetylenes is 1. The molecular weight excluding hydrogens is 208 g/mol. The molecule has 0 aliphatic rings. The van der Waals surface area contributed by atoms with Crippen molar-refractivity contribution in [3.8, 4) is 12.3 Å². The molecule has 0 fully saturated rings. The summed E-state index contributed by atoms with van der Waals surface area (Å²) in [5.41, 5.74) is 0. The number of nitrogens with one attached hydrogen (secondary N) is 2. The van der Waals surface area contributed by atoms with Crippen LogP contribution in [0.4, 0.5) is 4.79 Å². The van der Waals surface area contributed by atoms with Crippen molar-refractivity contribution in [3.63, 3.8) is 0 Å². The molecule has 90 valence electrons. The zero-order chi connectivity index (χ0) is 12.6. The Labute approximate surface area is 95.6 Å². The van der Waals surface area contributed by atoms with Crippen LogP contribution < -0.4 is 10.6 Å². The van der Waals surface area contributed by atoms with Gasteiger partial charge < -0.3 is 15.7 Å². The van der Waals surface area contributed by atoms with E-state index >= 15 is 0 Å². The van der Waals surface area contributed by atoms with Crippen LogP contribution in [0.25, 0.3) is 0 Å². The van der Waals surface area contributed by atoms with Gasteiger partial charge in [0, 0.05) is 19.0 Å². The van der Waals surface area contributed by atoms with Gasteiger partial charge >= 0.3 is 12.0 Å². The smallest absolute Gasteiger partial charge is 0.315 e. The number of rotatable bonds is 6. The van der Waals surface area contributed by atoms with Crippen molar-refractivity contribution in [2.75, 3.05) is 6.54 Å². The van der Waals surface area contributed by atoms with E-state index in [9.17, 15) is 9.59 Å². The van der Waals surface area contributed by atoms with E-state index in [1.54, 1.807) is 0 Å². The molecule has 0 aliphatic heterocycles. The van der Waals surface area contributed by atoms with Crippen molar-refractivity contribution < 1.29 is 14.7 Å². The zero-order valence-corrected chi connectivity index (χ0v) is 9.62. The number of hydrogen-bond acceptors (Lipinski definition) is 2. The van der Waals surface area contributed by atoms with Crippen molar-refractivity contribution in [1.29, 1.82) is 0 Å². The molecule has 1 unspecified atom stereocenters. The molecule has 3 N–H and O–H groups in total. The molecule has 16 heavy (non-hydrogen) atoms. The Morgan fingerprint density at radius 1 is 1.44 bits per heavy atom. The standard InChI is InChI=1S/C11H18N2O3/c1-4-5-6-12-11(16)13-9(8(2)3)7-10(14)15/h1,8-9H,5-7H2,2-3H3,(H,14,15)(H2,12,13,16). The number of carbonyl (C=O) groups excluding carboxylic acids is 1. The highest BCUT2D eigenvalue weighted by atomic mass is 16.4. The third-order valence-electron chi connectivity index (χ3n) is 2.07. The number of carbonyl (C=O) groups is 2. The van der Waals surface area contributed by atoms with Crippen LogP contribution in [0.1, 0.15) is 26.7 Å². The van der Waals surface area contributed by atoms with Gasteiger partial charge in [-0.25, -0.2) is 4.79 Å². The van der Waals surface area contributed by atoms with Crippen LogP contribution in [-0.2, 0) is 4.79 Å². The van der Waals surface area contributed by atoms with Crippen LogP contribution in [0.2, 0.25) is 0 Å². The Morgan fingerprint density at radius 2 is 2.06 bits per heavy atom. The first kappa shape index (κ1) is 14.3. The normalized spacial score (nSPS) is 11.6. The van der Waals surface area contributed by atoms with Gasteiger partial charge in [-0.15, -0.1) is 12.3 Å². The molecule has 0 rings (SSSR count). The summed E-state index contributed by atoms with van der Waals surface area (Å²) in [6.07, 6.45) is 5.40. The number of amides is 2. The molecule has 2 amide bonds. The Balaban J connectivity index is 4.04. The van der Waals surface area contributed by atoms with Gasteiger partial charge in [0.15, 0.2) is 0 Å². The predicted molar refractivity (Wildman–Crippen MR) is 60.9 cm³/mol. The topological polar surface area (TPSA) is 78.4 Å². The average Bonchev–Trinajstić information content (AvgIpc) is 2.16. The minimum absolute atomic E-state index is 0.0643. The lowest BCUT2D eigenvalue weighted by atomic mass is 10.0. The van der Waals surface area contributed by atoms with Gasteiger partial charge in [-0.3, -0.25) is 4.79 Å². The van der Waals surface area contributed by atoms with E-state index in [0.29, 0.717) is 13.0 Å². The van der Waals surface area contributed by atoms with Crippen LogP contribution in [-0.4, -0.2) is 29.7 Å². The molecule has 0 bridgehead atoms. The molecule has 0 saturated heterocycles. The van der Waals surface area contributed by atoms with E-state index in [1.165, 1.54) is 0 Å². The van der Waals surface area contributed by atoms with E-state index < -0.39 is 5.97 Å². The van der Waals surface area contributed by atoms with E-state index in [-0.39, 0.29) is 24.4 Å². The number of carboxylic acid groups (broad SMARTS) is 1. The molecule has 0 radical (unpaired) electrons. The van der Waals surface area contributed by atoms with Crippen molar-refractivity contribution in [2.45, 2.75) is 32.7 Å². The first-order valence-electron chi connectivity index (χ1n) is 5.17. The molecule has 0 saturated carbocycles. The highest BCUT2D eigenvalue weighted by Crippen LogP contribution is 2.05. The fourth-order valence-corrected chi connectivity index (χ4v) is 1.11. The van der Waals surface area contributed by atoms with Crippen LogP contribution >= 0.6 is 0 Å². The summed E-state index contributed by atoms with van der Waals surface area (Å²) in [6, 6.07) is -0.751. The lowest BCUT2D eigenvalue weighted by Gasteiger charge is -2.20. The lowest BCUT2D eigenvalue weighted by molar-refractivity contribution is -0.137. The summed E-state index contributed by atoms with van der Waals surface area (Å²) in [6.45, 7) is 4.10. The van der Waals surface area contributed by atoms with Crippen LogP contribution in [0.3, 0.4) is 0 Å². The zero-order valence-electron chi connectivity index (χ0n) is 9.62. The second-order valence-corrected chi connectivity index (χ2v) is 3.80. The van der Waals surface area contributed by atoms with Crippen molar-refractivity contribution in [1.82, 2.24) is 10.6 Å². The van der Waals surface area contributed by atoms with E-state index in [4.69, 9.17) is 11.5 Å². The summed E-state index contributed by atoms with van der Waals surface area (Å²) in [7, 11) is 0. The second kappa shape index (κ2) is 7.57. The van der Waals surface area contributed by atoms with Crippen LogP contribution in [0.5, 0.6) is 0 Å². The van der Waals surface area contributed by atoms with Gasteiger partial charge in [0.2, 0.25) is 0 Å². The number of hydrogen-bond donors (Lipinski definition) is 3. The van der Waals surface area contributed by atoms with Gasteiger partial charge in [0.25, 0.3) is 0 Å². The van der Waals surface area contributed by atoms with E-state index in [2.05, 4.69) is 16.6 Å². The second-order valence-electron chi connectivity index (χ2n) is 3.80. The molecular formula is C11H18N2O3. The maximum absolute atomic E-state index is 11.3. The van der Waals surface area contributed by atoms with Crippen LogP contribution in [0, 0.1) is 18.3 Å². The first-order valence-corrected chi connectivity index (χ1v) is 5.17. The third-order valence-corrected chi connectivity index (χ3v) is 2.07. The Hall–Kier alpha value is -1.70. The molecule has 0 spiro atoms. The number of carboxylic acids is 1. The molecule has 0 aromatic rings. The SMILES string of the molecule is C#CCCNC(=O)NC(CC(=O)O)C(C)C. The monoisotopic (exact) mass is 226 g/mol. The van der Waals surface area contributed by atoms with Crippen molar-refractivity contribution >= 4 is 12.0 Å². The van der Waals surface area contributed by atoms with Gasteiger partial charge in [-0.05, 0) is 5.92 Å². The lowest BCUT2D eigenvalue weighted by Crippen LogP contribution is -2.45. The average molecular weight is 226 g/mol. The fourth-order valence-electron chi connectivity index (χ4n) is 1.11. The predicted octanol–water partition coefficient (Wildman–Crippen LogP) is 0.808. The van der Waals surface area contributed by atoms with Crippen molar-refractivity contribution in [2.24, 2.45) is 5.92 Å². The largest absolute Gasteiger partial charge is 0.481 e. The van der Waals surface area contributed by atoms with Gasteiger partial charge in [-0.1, -0.05) is 13.8 Å². The summed E-state index contributed by atoms with van der Waals surface area (Å²) in [4.78, 5) is 21.9. The van der Waals surface area contributed by atoms with E-state index in [0.717, 1.165) is 0 Å². The van der Waals surface area contributed by atoms with Crippen molar-refractivity contribution in [3.05, 3.63) is 0 Å². The molecule has 5 nitrogen and oxygen atoms in total. The fraction of sp³-hybridized carbons (Fsp3) is 0.636. The third kappa shape index (κ3) is 6.71. The van der Waals surface area contributed by atoms with Gasteiger partial charge in [0.1, 0.15) is 0 Å². The maximum atomic E-state index is 11.3. The Kier molecular flexibility index (Phi) is 6.77. The van der Waals surface area contributed by atoms with E-state index in [1.807, 2.05) is 13.8 Å². The number of aliphatic carboxylic acids is 1. The highest BCUT2D eigenvalue weighted by molar-refractivity contribution is 5.75. The summed E-state index contributed by atoms with van der Waals surface area (Å²) < 4.78 is 0. The molecule has 0 aromatic carbocycles. The minimum atomic E-state index is -0.928. The molecule has 0 aliphatic carbocycles. The Morgan fingerprint density at radius 3 is 2.50 bits per heavy atom. The highest BCUT2D eigenvalue weighted by Gasteiger charge is 2.18. The molecule has 1 atom stereocenters. The van der Waals surface area contributed by atoms with Gasteiger partial charge in [0.05, 0.1) is 6.42 Å². The summed E-state index contributed by atoms with van der Waals surface area (Å²) in [5.74, 6) is 1.53. The minimum Gasteiger partial charge on any atom is -0.481 e. The first-order chi connectivity index (χ1) is 7.47. The molecule has 0 aromatic heterocycles. The molecule has 5 heteroatoms. The van der Waals surface area contributed by atoms with Crippen LogP contribution in [0.15, 0.2) is 0 Å². The van der Waals surface area contributed by atoms with Gasteiger partial charge in [-0.2, -0.15) is 0 Å². The Bertz CT molecular complexity index is 281. The molecule has 0 heterocycles. The summed E-state index contributed by atoms with van der Waals surface area (Å²) >= 11 is 0. The quantitative estimate of drug-likeness (QED) is 0.463. The number of urea groups is 1.